The van der Waals surface area contributed by atoms with Crippen LogP contribution in [0.5, 0.6) is 0 Å². The van der Waals surface area contributed by atoms with Crippen LogP contribution >= 0.6 is 0 Å². The molecule has 2 heterocycles. The molecule has 29 heavy (non-hydrogen) atoms. The molecule has 1 amide bonds. The Hall–Kier alpha value is -3.15. The second kappa shape index (κ2) is 8.47. The van der Waals surface area contributed by atoms with E-state index in [1.54, 1.807) is 13.1 Å². The maximum absolute atomic E-state index is 12.9. The predicted molar refractivity (Wildman–Crippen MR) is 116 cm³/mol. The molecule has 1 N–H and O–H groups in total. The van der Waals surface area contributed by atoms with Gasteiger partial charge in [0.2, 0.25) is 5.91 Å². The molecule has 1 saturated heterocycles. The number of hydrogen-bond donors (Lipinski definition) is 1. The molecule has 4 rings (SSSR count). The fourth-order valence-corrected chi connectivity index (χ4v) is 4.02. The molecule has 2 aromatic carbocycles. The van der Waals surface area contributed by atoms with Gasteiger partial charge >= 0.3 is 0 Å². The van der Waals surface area contributed by atoms with Crippen molar-refractivity contribution in [3.63, 3.8) is 0 Å². The molecule has 0 atom stereocenters. The minimum Gasteiger partial charge on any atom is -0.370 e. The van der Waals surface area contributed by atoms with Gasteiger partial charge in [-0.2, -0.15) is 5.10 Å². The molecule has 0 bridgehead atoms. The fourth-order valence-electron chi connectivity index (χ4n) is 4.02. The molecule has 6 nitrogen and oxygen atoms in total. The summed E-state index contributed by atoms with van der Waals surface area (Å²) in [5, 5.41) is 8.72. The number of nitrogens with one attached hydrogen (secondary N) is 1. The lowest BCUT2D eigenvalue weighted by Gasteiger charge is -2.25. The zero-order chi connectivity index (χ0) is 20.2. The van der Waals surface area contributed by atoms with Gasteiger partial charge in [0.05, 0.1) is 28.9 Å². The average Bonchev–Trinajstić information content (AvgIpc) is 3.02. The SMILES string of the molecule is Cn1nc(CC(=O)Nc2ccccc2N2CCCCCC2)c2ccccc2c1=O. The van der Waals surface area contributed by atoms with E-state index in [-0.39, 0.29) is 17.9 Å². The monoisotopic (exact) mass is 390 g/mol. The van der Waals surface area contributed by atoms with Crippen LogP contribution in [-0.4, -0.2) is 28.8 Å². The van der Waals surface area contributed by atoms with E-state index in [1.165, 1.54) is 30.4 Å². The third-order valence-electron chi connectivity index (χ3n) is 5.49. The van der Waals surface area contributed by atoms with Crippen LogP contribution < -0.4 is 15.8 Å². The lowest BCUT2D eigenvalue weighted by atomic mass is 10.1. The molecule has 0 radical (unpaired) electrons. The minimum absolute atomic E-state index is 0.114. The summed E-state index contributed by atoms with van der Waals surface area (Å²) < 4.78 is 1.30. The van der Waals surface area contributed by atoms with Gasteiger partial charge in [-0.3, -0.25) is 9.59 Å². The van der Waals surface area contributed by atoms with Crippen molar-refractivity contribution in [1.29, 1.82) is 0 Å². The van der Waals surface area contributed by atoms with Crippen molar-refractivity contribution >= 4 is 28.1 Å². The standard InChI is InChI=1S/C23H26N4O2/c1-26-23(29)18-11-5-4-10-17(18)20(25-26)16-22(28)24-19-12-6-7-13-21(19)27-14-8-2-3-9-15-27/h4-7,10-13H,2-3,8-9,14-16H2,1H3,(H,24,28). The van der Waals surface area contributed by atoms with E-state index in [2.05, 4.69) is 21.4 Å². The highest BCUT2D eigenvalue weighted by molar-refractivity contribution is 5.97. The number of benzene rings is 2. The van der Waals surface area contributed by atoms with Crippen molar-refractivity contribution in [1.82, 2.24) is 9.78 Å². The van der Waals surface area contributed by atoms with Gasteiger partial charge in [0.15, 0.2) is 0 Å². The first-order valence-electron chi connectivity index (χ1n) is 10.2. The van der Waals surface area contributed by atoms with Gasteiger partial charge in [0, 0.05) is 25.5 Å². The van der Waals surface area contributed by atoms with Crippen LogP contribution in [0.1, 0.15) is 31.4 Å². The molecule has 0 aliphatic carbocycles. The molecule has 0 unspecified atom stereocenters. The highest BCUT2D eigenvalue weighted by Gasteiger charge is 2.16. The Morgan fingerprint density at radius 1 is 0.966 bits per heavy atom. The quantitative estimate of drug-likeness (QED) is 0.740. The van der Waals surface area contributed by atoms with Gasteiger partial charge in [0.1, 0.15) is 0 Å². The number of hydrogen-bond acceptors (Lipinski definition) is 4. The number of aromatic nitrogens is 2. The molecular weight excluding hydrogens is 364 g/mol. The second-order valence-electron chi connectivity index (χ2n) is 7.56. The molecule has 0 saturated carbocycles. The van der Waals surface area contributed by atoms with Gasteiger partial charge in [0.25, 0.3) is 5.56 Å². The number of fused-ring (bicyclic) bond motifs is 1. The van der Waals surface area contributed by atoms with E-state index in [0.29, 0.717) is 11.1 Å². The summed E-state index contributed by atoms with van der Waals surface area (Å²) in [5.41, 5.74) is 2.35. The smallest absolute Gasteiger partial charge is 0.274 e. The van der Waals surface area contributed by atoms with Gasteiger partial charge in [-0.15, -0.1) is 0 Å². The van der Waals surface area contributed by atoms with E-state index < -0.39 is 0 Å². The van der Waals surface area contributed by atoms with E-state index in [9.17, 15) is 9.59 Å². The van der Waals surface area contributed by atoms with Crippen LogP contribution in [0.3, 0.4) is 0 Å². The number of para-hydroxylation sites is 2. The number of carbonyl (C=O) groups excluding carboxylic acids is 1. The zero-order valence-corrected chi connectivity index (χ0v) is 16.7. The fraction of sp³-hybridized carbons (Fsp3) is 0.348. The second-order valence-corrected chi connectivity index (χ2v) is 7.56. The van der Waals surface area contributed by atoms with Crippen LogP contribution in [0.25, 0.3) is 10.8 Å². The molecule has 150 valence electrons. The van der Waals surface area contributed by atoms with Gasteiger partial charge in [-0.25, -0.2) is 4.68 Å². The first-order valence-corrected chi connectivity index (χ1v) is 10.2. The minimum atomic E-state index is -0.156. The maximum atomic E-state index is 12.9. The Kier molecular flexibility index (Phi) is 5.60. The van der Waals surface area contributed by atoms with Crippen molar-refractivity contribution in [2.75, 3.05) is 23.3 Å². The van der Waals surface area contributed by atoms with E-state index in [0.717, 1.165) is 29.9 Å². The highest BCUT2D eigenvalue weighted by Crippen LogP contribution is 2.28. The van der Waals surface area contributed by atoms with E-state index in [1.807, 2.05) is 36.4 Å². The van der Waals surface area contributed by atoms with Crippen LogP contribution in [0.4, 0.5) is 11.4 Å². The molecule has 1 aliphatic rings. The predicted octanol–water partition coefficient (Wildman–Crippen LogP) is 3.50. The number of carbonyl (C=O) groups is 1. The number of anilines is 2. The van der Waals surface area contributed by atoms with Gasteiger partial charge < -0.3 is 10.2 Å². The van der Waals surface area contributed by atoms with Crippen molar-refractivity contribution in [2.45, 2.75) is 32.1 Å². The summed E-state index contributed by atoms with van der Waals surface area (Å²) in [4.78, 5) is 27.5. The summed E-state index contributed by atoms with van der Waals surface area (Å²) in [5.74, 6) is -0.136. The van der Waals surface area contributed by atoms with Crippen molar-refractivity contribution in [3.8, 4) is 0 Å². The number of nitrogens with zero attached hydrogens (tertiary/aromatic N) is 3. The molecule has 6 heteroatoms. The summed E-state index contributed by atoms with van der Waals surface area (Å²) in [6, 6.07) is 15.3. The summed E-state index contributed by atoms with van der Waals surface area (Å²) in [6.45, 7) is 2.03. The summed E-state index contributed by atoms with van der Waals surface area (Å²) in [6.07, 6.45) is 4.99. The van der Waals surface area contributed by atoms with Gasteiger partial charge in [-0.05, 0) is 31.0 Å². The molecule has 0 spiro atoms. The van der Waals surface area contributed by atoms with E-state index in [4.69, 9.17) is 0 Å². The van der Waals surface area contributed by atoms with Crippen molar-refractivity contribution in [3.05, 3.63) is 64.6 Å². The van der Waals surface area contributed by atoms with Crippen LogP contribution in [-0.2, 0) is 18.3 Å². The Bertz CT molecular complexity index is 1080. The van der Waals surface area contributed by atoms with Crippen LogP contribution in [0.15, 0.2) is 53.3 Å². The zero-order valence-electron chi connectivity index (χ0n) is 16.7. The third kappa shape index (κ3) is 4.16. The topological polar surface area (TPSA) is 67.2 Å². The Morgan fingerprint density at radius 2 is 1.62 bits per heavy atom. The molecule has 3 aromatic rings. The number of amides is 1. The van der Waals surface area contributed by atoms with Crippen LogP contribution in [0.2, 0.25) is 0 Å². The summed E-state index contributed by atoms with van der Waals surface area (Å²) >= 11 is 0. The first-order chi connectivity index (χ1) is 14.1. The first kappa shape index (κ1) is 19.2. The number of rotatable bonds is 4. The summed E-state index contributed by atoms with van der Waals surface area (Å²) in [7, 11) is 1.62. The third-order valence-corrected chi connectivity index (χ3v) is 5.49. The molecule has 1 fully saturated rings. The molecule has 1 aromatic heterocycles. The normalized spacial score (nSPS) is 14.6. The van der Waals surface area contributed by atoms with Crippen LogP contribution in [0, 0.1) is 0 Å². The molecule has 1 aliphatic heterocycles. The highest BCUT2D eigenvalue weighted by atomic mass is 16.1. The average molecular weight is 390 g/mol. The Labute approximate surface area is 170 Å². The number of aryl methyl sites for hydroxylation is 1. The largest absolute Gasteiger partial charge is 0.370 e. The van der Waals surface area contributed by atoms with Gasteiger partial charge in [-0.1, -0.05) is 43.2 Å². The Morgan fingerprint density at radius 3 is 2.38 bits per heavy atom. The lowest BCUT2D eigenvalue weighted by molar-refractivity contribution is -0.115. The van der Waals surface area contributed by atoms with Crippen molar-refractivity contribution < 1.29 is 4.79 Å². The van der Waals surface area contributed by atoms with Crippen molar-refractivity contribution in [2.24, 2.45) is 7.05 Å². The maximum Gasteiger partial charge on any atom is 0.274 e. The van der Waals surface area contributed by atoms with E-state index >= 15 is 0 Å². The molecular formula is C23H26N4O2. The lowest BCUT2D eigenvalue weighted by Crippen LogP contribution is -2.26. The Balaban J connectivity index is 1.58.